The summed E-state index contributed by atoms with van der Waals surface area (Å²) >= 11 is 0. The Bertz CT molecular complexity index is 190. The molecule has 3 nitrogen and oxygen atoms in total. The average molecular weight is 242 g/mol. The molecule has 0 spiro atoms. The molecule has 96 valence electrons. The van der Waals surface area contributed by atoms with Crippen molar-refractivity contribution in [3.05, 3.63) is 0 Å². The van der Waals surface area contributed by atoms with Gasteiger partial charge in [0.25, 0.3) is 0 Å². The molecular formula is C10H17F3O3. The van der Waals surface area contributed by atoms with Crippen LogP contribution in [0, 0.1) is 5.92 Å². The van der Waals surface area contributed by atoms with E-state index >= 15 is 0 Å². The SMILES string of the molecule is OCC[C@H](COC1CCCCO1)C(F)(F)F. The van der Waals surface area contributed by atoms with Crippen LogP contribution in [0.25, 0.3) is 0 Å². The van der Waals surface area contributed by atoms with Crippen LogP contribution in [0.1, 0.15) is 25.7 Å². The standard InChI is InChI=1S/C10H17F3O3/c11-10(12,13)8(4-5-14)7-16-9-3-1-2-6-15-9/h8-9,14H,1-7H2/t8-,9?/m1/s1. The van der Waals surface area contributed by atoms with Gasteiger partial charge in [-0.05, 0) is 25.7 Å². The number of hydrogen-bond donors (Lipinski definition) is 1. The molecule has 1 rings (SSSR count). The van der Waals surface area contributed by atoms with E-state index in [0.717, 1.165) is 12.8 Å². The van der Waals surface area contributed by atoms with Crippen molar-refractivity contribution in [1.29, 1.82) is 0 Å². The molecule has 1 unspecified atom stereocenters. The van der Waals surface area contributed by atoms with Crippen LogP contribution in [0.5, 0.6) is 0 Å². The molecule has 0 aromatic heterocycles. The summed E-state index contributed by atoms with van der Waals surface area (Å²) in [4.78, 5) is 0. The summed E-state index contributed by atoms with van der Waals surface area (Å²) in [5.41, 5.74) is 0. The van der Waals surface area contributed by atoms with E-state index in [2.05, 4.69) is 0 Å². The maximum absolute atomic E-state index is 12.4. The van der Waals surface area contributed by atoms with Gasteiger partial charge in [-0.2, -0.15) is 13.2 Å². The lowest BCUT2D eigenvalue weighted by Crippen LogP contribution is -2.32. The predicted molar refractivity (Wildman–Crippen MR) is 50.8 cm³/mol. The highest BCUT2D eigenvalue weighted by Gasteiger charge is 2.39. The van der Waals surface area contributed by atoms with Crippen LogP contribution in [-0.4, -0.2) is 37.4 Å². The third-order valence-electron chi connectivity index (χ3n) is 2.56. The van der Waals surface area contributed by atoms with E-state index in [9.17, 15) is 13.2 Å². The maximum atomic E-state index is 12.4. The highest BCUT2D eigenvalue weighted by Crippen LogP contribution is 2.29. The molecule has 1 aliphatic heterocycles. The van der Waals surface area contributed by atoms with Gasteiger partial charge in [0.1, 0.15) is 0 Å². The molecule has 1 heterocycles. The molecule has 0 aliphatic carbocycles. The van der Waals surface area contributed by atoms with Gasteiger partial charge in [0.15, 0.2) is 6.29 Å². The second-order valence-corrected chi connectivity index (χ2v) is 3.88. The molecule has 0 aromatic carbocycles. The number of ether oxygens (including phenoxy) is 2. The minimum Gasteiger partial charge on any atom is -0.396 e. The van der Waals surface area contributed by atoms with Gasteiger partial charge in [-0.1, -0.05) is 0 Å². The normalized spacial score (nSPS) is 24.4. The average Bonchev–Trinajstić information content (AvgIpc) is 2.24. The van der Waals surface area contributed by atoms with Crippen LogP contribution in [0.3, 0.4) is 0 Å². The number of halogens is 3. The fraction of sp³-hybridized carbons (Fsp3) is 1.00. The molecule has 6 heteroatoms. The molecule has 0 amide bonds. The van der Waals surface area contributed by atoms with E-state index in [0.29, 0.717) is 13.0 Å². The Balaban J connectivity index is 2.31. The second kappa shape index (κ2) is 6.42. The monoisotopic (exact) mass is 242 g/mol. The summed E-state index contributed by atoms with van der Waals surface area (Å²) in [5.74, 6) is -1.61. The quantitative estimate of drug-likeness (QED) is 0.802. The Kier molecular flexibility index (Phi) is 5.51. The van der Waals surface area contributed by atoms with E-state index in [1.54, 1.807) is 0 Å². The minimum absolute atomic E-state index is 0.323. The third kappa shape index (κ3) is 4.67. The lowest BCUT2D eigenvalue weighted by Gasteiger charge is -2.26. The van der Waals surface area contributed by atoms with Gasteiger partial charge in [0.2, 0.25) is 0 Å². The van der Waals surface area contributed by atoms with Crippen molar-refractivity contribution in [3.63, 3.8) is 0 Å². The first kappa shape index (κ1) is 13.7. The molecule has 2 atom stereocenters. The largest absolute Gasteiger partial charge is 0.396 e. The Morgan fingerprint density at radius 3 is 2.62 bits per heavy atom. The van der Waals surface area contributed by atoms with Crippen LogP contribution < -0.4 is 0 Å². The molecule has 0 saturated carbocycles. The third-order valence-corrected chi connectivity index (χ3v) is 2.56. The predicted octanol–water partition coefficient (Wildman–Crippen LogP) is 2.09. The van der Waals surface area contributed by atoms with Gasteiger partial charge in [0.05, 0.1) is 12.5 Å². The molecule has 0 bridgehead atoms. The van der Waals surface area contributed by atoms with Crippen LogP contribution in [-0.2, 0) is 9.47 Å². The van der Waals surface area contributed by atoms with Crippen molar-refractivity contribution in [2.75, 3.05) is 19.8 Å². The first-order valence-electron chi connectivity index (χ1n) is 5.45. The number of aliphatic hydroxyl groups is 1. The molecule has 1 aliphatic rings. The second-order valence-electron chi connectivity index (χ2n) is 3.88. The van der Waals surface area contributed by atoms with Crippen molar-refractivity contribution in [2.45, 2.75) is 38.1 Å². The molecular weight excluding hydrogens is 225 g/mol. The highest BCUT2D eigenvalue weighted by molar-refractivity contribution is 4.67. The Morgan fingerprint density at radius 2 is 2.12 bits per heavy atom. The van der Waals surface area contributed by atoms with E-state index in [1.807, 2.05) is 0 Å². The fourth-order valence-electron chi connectivity index (χ4n) is 1.56. The fourth-order valence-corrected chi connectivity index (χ4v) is 1.56. The van der Waals surface area contributed by atoms with Crippen LogP contribution in [0.15, 0.2) is 0 Å². The molecule has 0 radical (unpaired) electrons. The molecule has 0 aromatic rings. The van der Waals surface area contributed by atoms with Crippen molar-refractivity contribution < 1.29 is 27.8 Å². The Labute approximate surface area is 92.5 Å². The number of alkyl halides is 3. The van der Waals surface area contributed by atoms with Gasteiger partial charge >= 0.3 is 6.18 Å². The Morgan fingerprint density at radius 1 is 1.38 bits per heavy atom. The van der Waals surface area contributed by atoms with Crippen LogP contribution >= 0.6 is 0 Å². The molecule has 1 N–H and O–H groups in total. The smallest absolute Gasteiger partial charge is 0.394 e. The van der Waals surface area contributed by atoms with Crippen molar-refractivity contribution in [1.82, 2.24) is 0 Å². The first-order valence-corrected chi connectivity index (χ1v) is 5.45. The van der Waals surface area contributed by atoms with Crippen LogP contribution in [0.2, 0.25) is 0 Å². The van der Waals surface area contributed by atoms with Gasteiger partial charge in [0, 0.05) is 13.2 Å². The number of rotatable bonds is 5. The van der Waals surface area contributed by atoms with Crippen molar-refractivity contribution in [3.8, 4) is 0 Å². The van der Waals surface area contributed by atoms with Crippen molar-refractivity contribution in [2.24, 2.45) is 5.92 Å². The summed E-state index contributed by atoms with van der Waals surface area (Å²) < 4.78 is 47.5. The molecule has 1 fully saturated rings. The topological polar surface area (TPSA) is 38.7 Å². The Hall–Kier alpha value is -0.330. The van der Waals surface area contributed by atoms with Gasteiger partial charge in [-0.25, -0.2) is 0 Å². The van der Waals surface area contributed by atoms with E-state index < -0.39 is 31.6 Å². The first-order chi connectivity index (χ1) is 7.54. The van der Waals surface area contributed by atoms with Crippen LogP contribution in [0.4, 0.5) is 13.2 Å². The van der Waals surface area contributed by atoms with E-state index in [-0.39, 0.29) is 6.42 Å². The van der Waals surface area contributed by atoms with Crippen molar-refractivity contribution >= 4 is 0 Å². The summed E-state index contributed by atoms with van der Waals surface area (Å²) in [6, 6.07) is 0. The molecule has 16 heavy (non-hydrogen) atoms. The summed E-state index contributed by atoms with van der Waals surface area (Å²) in [6.07, 6.45) is -2.67. The number of aliphatic hydroxyl groups excluding tert-OH is 1. The summed E-state index contributed by atoms with van der Waals surface area (Å²) in [6.45, 7) is -0.380. The summed E-state index contributed by atoms with van der Waals surface area (Å²) in [7, 11) is 0. The van der Waals surface area contributed by atoms with Gasteiger partial charge in [-0.3, -0.25) is 0 Å². The van der Waals surface area contributed by atoms with E-state index in [1.165, 1.54) is 0 Å². The van der Waals surface area contributed by atoms with Gasteiger partial charge < -0.3 is 14.6 Å². The summed E-state index contributed by atoms with van der Waals surface area (Å²) in [5, 5.41) is 8.55. The van der Waals surface area contributed by atoms with E-state index in [4.69, 9.17) is 14.6 Å². The maximum Gasteiger partial charge on any atom is 0.394 e. The zero-order valence-corrected chi connectivity index (χ0v) is 9.00. The lowest BCUT2D eigenvalue weighted by molar-refractivity contribution is -0.223. The van der Waals surface area contributed by atoms with Gasteiger partial charge in [-0.15, -0.1) is 0 Å². The highest BCUT2D eigenvalue weighted by atomic mass is 19.4. The zero-order chi connectivity index (χ0) is 12.0. The lowest BCUT2D eigenvalue weighted by atomic mass is 10.1. The molecule has 1 saturated heterocycles. The minimum atomic E-state index is -4.32. The zero-order valence-electron chi connectivity index (χ0n) is 9.00. The number of hydrogen-bond acceptors (Lipinski definition) is 3.